The molecular weight excluding hydrogens is 154 g/mol. The molecule has 0 unspecified atom stereocenters. The van der Waals surface area contributed by atoms with E-state index in [9.17, 15) is 10.2 Å². The lowest BCUT2D eigenvalue weighted by Gasteiger charge is -2.09. The van der Waals surface area contributed by atoms with Crippen LogP contribution in [0.5, 0.6) is 11.8 Å². The van der Waals surface area contributed by atoms with Crippen LogP contribution in [0.4, 0.5) is 0 Å². The number of aromatic amines is 1. The summed E-state index contributed by atoms with van der Waals surface area (Å²) in [6.07, 6.45) is 3.51. The second kappa shape index (κ2) is 2.30. The van der Waals surface area contributed by atoms with E-state index in [4.69, 9.17) is 0 Å². The molecule has 3 nitrogen and oxygen atoms in total. The summed E-state index contributed by atoms with van der Waals surface area (Å²) in [6, 6.07) is 0. The van der Waals surface area contributed by atoms with E-state index in [2.05, 4.69) is 11.1 Å². The maximum absolute atomic E-state index is 9.35. The van der Waals surface area contributed by atoms with Crippen LogP contribution in [-0.4, -0.2) is 15.2 Å². The molecule has 0 saturated carbocycles. The second-order valence-corrected chi connectivity index (χ2v) is 3.21. The van der Waals surface area contributed by atoms with Crippen molar-refractivity contribution in [2.45, 2.75) is 19.8 Å². The number of hydrogen-bond acceptors (Lipinski definition) is 2. The monoisotopic (exact) mass is 165 g/mol. The maximum Gasteiger partial charge on any atom is 0.195 e. The zero-order valence-electron chi connectivity index (χ0n) is 6.89. The Balaban J connectivity index is 2.51. The number of H-pyrrole nitrogens is 1. The van der Waals surface area contributed by atoms with E-state index in [1.807, 2.05) is 6.92 Å². The van der Waals surface area contributed by atoms with Gasteiger partial charge in [-0.1, -0.05) is 11.6 Å². The van der Waals surface area contributed by atoms with Crippen LogP contribution in [0.2, 0.25) is 0 Å². The molecule has 3 heteroatoms. The van der Waals surface area contributed by atoms with Crippen LogP contribution in [0, 0.1) is 0 Å². The van der Waals surface area contributed by atoms with Gasteiger partial charge < -0.3 is 10.2 Å². The molecule has 0 aliphatic heterocycles. The van der Waals surface area contributed by atoms with Gasteiger partial charge in [0.05, 0.1) is 0 Å². The average molecular weight is 165 g/mol. The fourth-order valence-corrected chi connectivity index (χ4v) is 1.59. The molecule has 64 valence electrons. The summed E-state index contributed by atoms with van der Waals surface area (Å²) in [5.74, 6) is 0.209. The van der Waals surface area contributed by atoms with E-state index in [1.54, 1.807) is 0 Å². The quantitative estimate of drug-likeness (QED) is 0.510. The molecule has 1 heterocycles. The second-order valence-electron chi connectivity index (χ2n) is 3.21. The fraction of sp³-hybridized carbons (Fsp3) is 0.333. The van der Waals surface area contributed by atoms with Crippen LogP contribution in [0.25, 0.3) is 0 Å². The Labute approximate surface area is 70.4 Å². The van der Waals surface area contributed by atoms with E-state index in [1.165, 1.54) is 5.57 Å². The number of allylic oxidation sites excluding steroid dienone is 2. The van der Waals surface area contributed by atoms with E-state index >= 15 is 0 Å². The third-order valence-electron chi connectivity index (χ3n) is 2.28. The summed E-state index contributed by atoms with van der Waals surface area (Å²) in [5, 5.41) is 18.7. The minimum atomic E-state index is 0.103. The highest BCUT2D eigenvalue weighted by Gasteiger charge is 2.18. The van der Waals surface area contributed by atoms with Gasteiger partial charge in [0.2, 0.25) is 0 Å². The number of rotatable bonds is 0. The van der Waals surface area contributed by atoms with Crippen molar-refractivity contribution in [3.63, 3.8) is 0 Å². The first-order chi connectivity index (χ1) is 5.68. The van der Waals surface area contributed by atoms with Gasteiger partial charge in [0.25, 0.3) is 0 Å². The van der Waals surface area contributed by atoms with E-state index < -0.39 is 0 Å². The van der Waals surface area contributed by atoms with Crippen molar-refractivity contribution in [1.29, 1.82) is 0 Å². The zero-order valence-corrected chi connectivity index (χ0v) is 6.89. The summed E-state index contributed by atoms with van der Waals surface area (Å²) < 4.78 is 0. The Bertz CT molecular complexity index is 350. The number of fused-ring (bicyclic) bond motifs is 1. The van der Waals surface area contributed by atoms with Gasteiger partial charge in [0.15, 0.2) is 11.8 Å². The summed E-state index contributed by atoms with van der Waals surface area (Å²) >= 11 is 0. The molecule has 1 aliphatic rings. The van der Waals surface area contributed by atoms with Crippen molar-refractivity contribution < 1.29 is 10.2 Å². The number of hydrogen-bond donors (Lipinski definition) is 3. The van der Waals surface area contributed by atoms with Gasteiger partial charge in [-0.15, -0.1) is 0 Å². The fourth-order valence-electron chi connectivity index (χ4n) is 1.59. The predicted molar refractivity (Wildman–Crippen MR) is 45.3 cm³/mol. The van der Waals surface area contributed by atoms with Crippen LogP contribution >= 0.6 is 0 Å². The van der Waals surface area contributed by atoms with Crippen molar-refractivity contribution in [2.24, 2.45) is 0 Å². The summed E-state index contributed by atoms with van der Waals surface area (Å²) in [4.78, 5) is 2.52. The number of nitrogens with one attached hydrogen (secondary N) is 1. The molecular formula is C9H11NO2. The third kappa shape index (κ3) is 0.897. The lowest BCUT2D eigenvalue weighted by Crippen LogP contribution is -1.97. The van der Waals surface area contributed by atoms with Gasteiger partial charge in [-0.05, 0) is 19.8 Å². The van der Waals surface area contributed by atoms with Crippen LogP contribution in [0.3, 0.4) is 0 Å². The number of aromatic nitrogens is 1. The summed E-state index contributed by atoms with van der Waals surface area (Å²) in [6.45, 7) is 2.02. The largest absolute Gasteiger partial charge is 0.494 e. The van der Waals surface area contributed by atoms with Crippen molar-refractivity contribution in [3.05, 3.63) is 22.8 Å². The molecule has 1 aromatic heterocycles. The first-order valence-electron chi connectivity index (χ1n) is 3.95. The van der Waals surface area contributed by atoms with Crippen molar-refractivity contribution in [2.75, 3.05) is 0 Å². The Morgan fingerprint density at radius 3 is 2.67 bits per heavy atom. The van der Waals surface area contributed by atoms with E-state index in [0.29, 0.717) is 6.42 Å². The molecule has 0 spiro atoms. The van der Waals surface area contributed by atoms with E-state index in [0.717, 1.165) is 17.5 Å². The molecule has 0 atom stereocenters. The normalized spacial score (nSPS) is 15.6. The minimum Gasteiger partial charge on any atom is -0.494 e. The Kier molecular flexibility index (Phi) is 1.40. The van der Waals surface area contributed by atoms with Crippen molar-refractivity contribution in [3.8, 4) is 11.8 Å². The lowest BCUT2D eigenvalue weighted by atomic mass is 9.96. The molecule has 1 aliphatic carbocycles. The van der Waals surface area contributed by atoms with Crippen molar-refractivity contribution in [1.82, 2.24) is 4.98 Å². The highest BCUT2D eigenvalue weighted by Crippen LogP contribution is 2.34. The van der Waals surface area contributed by atoms with Gasteiger partial charge in [-0.2, -0.15) is 0 Å². The van der Waals surface area contributed by atoms with Gasteiger partial charge in [0, 0.05) is 11.1 Å². The van der Waals surface area contributed by atoms with Gasteiger partial charge in [-0.3, -0.25) is 4.98 Å². The Hall–Kier alpha value is -1.38. The topological polar surface area (TPSA) is 56.2 Å². The Morgan fingerprint density at radius 1 is 1.25 bits per heavy atom. The standard InChI is InChI=1S/C9H11NO2/c1-5-2-3-6-7(4-5)9(12)10-8(6)11/h2,10-12H,3-4H2,1H3. The van der Waals surface area contributed by atoms with Crippen LogP contribution in [0.15, 0.2) is 11.6 Å². The SMILES string of the molecule is CC1=CCc2c(O)[nH]c(O)c2C1. The smallest absolute Gasteiger partial charge is 0.195 e. The highest BCUT2D eigenvalue weighted by molar-refractivity contribution is 5.48. The molecule has 0 saturated heterocycles. The van der Waals surface area contributed by atoms with Gasteiger partial charge >= 0.3 is 0 Å². The predicted octanol–water partition coefficient (Wildman–Crippen LogP) is 1.47. The molecule has 0 bridgehead atoms. The van der Waals surface area contributed by atoms with Crippen LogP contribution in [0.1, 0.15) is 18.1 Å². The maximum atomic E-state index is 9.35. The lowest BCUT2D eigenvalue weighted by molar-refractivity contribution is 0.422. The highest BCUT2D eigenvalue weighted by atomic mass is 16.3. The minimum absolute atomic E-state index is 0.103. The van der Waals surface area contributed by atoms with Crippen LogP contribution < -0.4 is 0 Å². The molecule has 0 fully saturated rings. The molecule has 0 radical (unpaired) electrons. The third-order valence-corrected chi connectivity index (χ3v) is 2.28. The van der Waals surface area contributed by atoms with Crippen LogP contribution in [-0.2, 0) is 12.8 Å². The first kappa shape index (κ1) is 7.28. The van der Waals surface area contributed by atoms with Gasteiger partial charge in [-0.25, -0.2) is 0 Å². The average Bonchev–Trinajstić information content (AvgIpc) is 2.28. The zero-order chi connectivity index (χ0) is 8.72. The molecule has 3 N–H and O–H groups in total. The molecule has 2 rings (SSSR count). The first-order valence-corrected chi connectivity index (χ1v) is 3.95. The Morgan fingerprint density at radius 2 is 1.92 bits per heavy atom. The molecule has 1 aromatic rings. The molecule has 12 heavy (non-hydrogen) atoms. The summed E-state index contributed by atoms with van der Waals surface area (Å²) in [7, 11) is 0. The molecule has 0 aromatic carbocycles. The van der Waals surface area contributed by atoms with Crippen molar-refractivity contribution >= 4 is 0 Å². The molecule has 0 amide bonds. The number of aromatic hydroxyl groups is 2. The van der Waals surface area contributed by atoms with Gasteiger partial charge in [0.1, 0.15) is 0 Å². The summed E-state index contributed by atoms with van der Waals surface area (Å²) in [5.41, 5.74) is 2.90. The van der Waals surface area contributed by atoms with E-state index in [-0.39, 0.29) is 11.8 Å².